The number of esters is 1. The van der Waals surface area contributed by atoms with Crippen LogP contribution in [0.2, 0.25) is 0 Å². The average Bonchev–Trinajstić information content (AvgIpc) is 3.06. The molecule has 0 unspecified atom stereocenters. The summed E-state index contributed by atoms with van der Waals surface area (Å²) in [4.78, 5) is 44.7. The van der Waals surface area contributed by atoms with Crippen LogP contribution in [0.1, 0.15) is 25.1 Å². The summed E-state index contributed by atoms with van der Waals surface area (Å²) in [6, 6.07) is 3.69. The second kappa shape index (κ2) is 8.10. The van der Waals surface area contributed by atoms with Gasteiger partial charge in [-0.25, -0.2) is 14.6 Å². The number of fused-ring (bicyclic) bond motifs is 2. The number of hydrogen-bond donors (Lipinski definition) is 2. The lowest BCUT2D eigenvalue weighted by Crippen LogP contribution is -2.60. The molecule has 0 aromatic carbocycles. The molecular formula is C22H23N3O6S. The number of carbonyl (C=O) groups is 3. The third-order valence-corrected chi connectivity index (χ3v) is 7.03. The van der Waals surface area contributed by atoms with E-state index in [2.05, 4.69) is 11.6 Å². The standard InChI is InChI=1S/C22H23N3O6S/c1-5-24-8-14(11(3)13-7-6-10(2)23-18(13)24)22(30)31-9-15-17(21(28)29)25-19(27)16(12(4)26)20(25)32-15/h6-8,12,16,20,26H,3,5,9H2,1-2,4H3,(H,28,29)/t12-,16+,20-/m1/s1. The zero-order valence-corrected chi connectivity index (χ0v) is 18.7. The number of β-lactam (4-membered cyclic amide) rings is 1. The van der Waals surface area contributed by atoms with Crippen LogP contribution in [0.15, 0.2) is 41.1 Å². The van der Waals surface area contributed by atoms with Crippen LogP contribution in [0.4, 0.5) is 5.82 Å². The molecule has 1 aromatic rings. The monoisotopic (exact) mass is 457 g/mol. The molecule has 168 valence electrons. The fraction of sp³-hybridized carbons (Fsp3) is 0.364. The predicted molar refractivity (Wildman–Crippen MR) is 118 cm³/mol. The summed E-state index contributed by atoms with van der Waals surface area (Å²) in [7, 11) is 0. The van der Waals surface area contributed by atoms with E-state index in [1.165, 1.54) is 6.92 Å². The lowest BCUT2D eigenvalue weighted by molar-refractivity contribution is -0.156. The van der Waals surface area contributed by atoms with Gasteiger partial charge in [0.15, 0.2) is 0 Å². The molecule has 0 saturated carbocycles. The molecule has 0 radical (unpaired) electrons. The molecular weight excluding hydrogens is 434 g/mol. The summed E-state index contributed by atoms with van der Waals surface area (Å²) >= 11 is 1.13. The number of thioether (sulfide) groups is 1. The Labute approximate surface area is 189 Å². The highest BCUT2D eigenvalue weighted by molar-refractivity contribution is 8.04. The zero-order valence-electron chi connectivity index (χ0n) is 17.9. The van der Waals surface area contributed by atoms with E-state index in [9.17, 15) is 24.6 Å². The Hall–Kier alpha value is -3.11. The number of ether oxygens (including phenoxy) is 1. The van der Waals surface area contributed by atoms with Crippen molar-refractivity contribution in [2.24, 2.45) is 5.92 Å². The van der Waals surface area contributed by atoms with Crippen LogP contribution < -0.4 is 4.90 Å². The second-order valence-corrected chi connectivity index (χ2v) is 8.98. The van der Waals surface area contributed by atoms with Crippen molar-refractivity contribution in [1.82, 2.24) is 9.88 Å². The van der Waals surface area contributed by atoms with Crippen molar-refractivity contribution in [3.63, 3.8) is 0 Å². The van der Waals surface area contributed by atoms with Gasteiger partial charge in [-0.2, -0.15) is 0 Å². The third-order valence-electron chi connectivity index (χ3n) is 5.69. The summed E-state index contributed by atoms with van der Waals surface area (Å²) in [5.41, 5.74) is 2.09. The van der Waals surface area contributed by atoms with Gasteiger partial charge < -0.3 is 19.8 Å². The first kappa shape index (κ1) is 22.1. The molecule has 1 saturated heterocycles. The van der Waals surface area contributed by atoms with Gasteiger partial charge in [0.05, 0.1) is 22.5 Å². The Morgan fingerprint density at radius 2 is 2.09 bits per heavy atom. The number of carboxylic acids is 1. The number of aliphatic carboxylic acids is 1. The first-order valence-corrected chi connectivity index (χ1v) is 11.0. The topological polar surface area (TPSA) is 120 Å². The van der Waals surface area contributed by atoms with Crippen LogP contribution in [0, 0.1) is 12.8 Å². The molecule has 4 rings (SSSR count). The highest BCUT2D eigenvalue weighted by Gasteiger charge is 2.57. The highest BCUT2D eigenvalue weighted by atomic mass is 32.2. The molecule has 1 aromatic heterocycles. The number of aryl methyl sites for hydroxylation is 1. The van der Waals surface area contributed by atoms with Crippen LogP contribution >= 0.6 is 11.8 Å². The predicted octanol–water partition coefficient (Wildman–Crippen LogP) is 1.88. The maximum Gasteiger partial charge on any atom is 0.353 e. The number of carbonyl (C=O) groups excluding carboxylic acids is 2. The SMILES string of the molecule is C=C1C(C(=O)OCC2=C(C(=O)O)N3C(=O)[C@H]([C@@H](C)O)[C@H]3S2)=CN(CC)c2nc(C)ccc21. The third kappa shape index (κ3) is 3.39. The minimum Gasteiger partial charge on any atom is -0.477 e. The van der Waals surface area contributed by atoms with E-state index >= 15 is 0 Å². The Morgan fingerprint density at radius 3 is 2.72 bits per heavy atom. The number of carboxylic acid groups (broad SMARTS) is 1. The van der Waals surface area contributed by atoms with Gasteiger partial charge in [0.1, 0.15) is 23.5 Å². The lowest BCUT2D eigenvalue weighted by atomic mass is 9.92. The minimum atomic E-state index is -1.28. The number of nitrogens with zero attached hydrogens (tertiary/aromatic N) is 3. The van der Waals surface area contributed by atoms with Crippen molar-refractivity contribution in [2.75, 3.05) is 18.1 Å². The summed E-state index contributed by atoms with van der Waals surface area (Å²) in [6.07, 6.45) is 0.731. The normalized spacial score (nSPS) is 22.8. The molecule has 10 heteroatoms. The maximum absolute atomic E-state index is 12.9. The van der Waals surface area contributed by atoms with Gasteiger partial charge in [0, 0.05) is 24.0 Å². The van der Waals surface area contributed by atoms with Crippen molar-refractivity contribution in [2.45, 2.75) is 32.2 Å². The number of aliphatic hydroxyl groups is 1. The van der Waals surface area contributed by atoms with Crippen LogP contribution in [0.3, 0.4) is 0 Å². The number of hydrogen-bond acceptors (Lipinski definition) is 8. The first-order valence-electron chi connectivity index (χ1n) is 10.1. The molecule has 3 aliphatic rings. The van der Waals surface area contributed by atoms with Crippen molar-refractivity contribution in [1.29, 1.82) is 0 Å². The number of pyridine rings is 1. The van der Waals surface area contributed by atoms with Gasteiger partial charge in [-0.15, -0.1) is 0 Å². The summed E-state index contributed by atoms with van der Waals surface area (Å²) in [5.74, 6) is -2.35. The molecule has 4 heterocycles. The molecule has 32 heavy (non-hydrogen) atoms. The van der Waals surface area contributed by atoms with Gasteiger partial charge in [0.2, 0.25) is 5.91 Å². The van der Waals surface area contributed by atoms with E-state index in [0.29, 0.717) is 17.9 Å². The fourth-order valence-electron chi connectivity index (χ4n) is 4.02. The maximum atomic E-state index is 12.9. The number of amides is 1. The molecule has 0 bridgehead atoms. The number of aliphatic hydroxyl groups excluding tert-OH is 1. The first-order chi connectivity index (χ1) is 15.1. The molecule has 1 amide bonds. The highest BCUT2D eigenvalue weighted by Crippen LogP contribution is 2.50. The van der Waals surface area contributed by atoms with Gasteiger partial charge >= 0.3 is 11.9 Å². The molecule has 1 fully saturated rings. The second-order valence-electron chi connectivity index (χ2n) is 7.77. The van der Waals surface area contributed by atoms with Crippen LogP contribution in [-0.2, 0) is 19.1 Å². The molecule has 3 aliphatic heterocycles. The quantitative estimate of drug-likeness (QED) is 0.487. The van der Waals surface area contributed by atoms with Crippen molar-refractivity contribution in [3.8, 4) is 0 Å². The number of aromatic nitrogens is 1. The van der Waals surface area contributed by atoms with Crippen LogP contribution in [0.25, 0.3) is 5.57 Å². The average molecular weight is 458 g/mol. The van der Waals surface area contributed by atoms with Crippen molar-refractivity contribution >= 4 is 41.0 Å². The summed E-state index contributed by atoms with van der Waals surface area (Å²) in [6.45, 7) is 9.61. The van der Waals surface area contributed by atoms with E-state index in [1.54, 1.807) is 6.20 Å². The Morgan fingerprint density at radius 1 is 1.38 bits per heavy atom. The number of anilines is 1. The van der Waals surface area contributed by atoms with E-state index < -0.39 is 35.2 Å². The summed E-state index contributed by atoms with van der Waals surface area (Å²) < 4.78 is 5.45. The van der Waals surface area contributed by atoms with Crippen molar-refractivity contribution < 1.29 is 29.3 Å². The van der Waals surface area contributed by atoms with E-state index in [-0.39, 0.29) is 22.8 Å². The molecule has 3 atom stereocenters. The van der Waals surface area contributed by atoms with Gasteiger partial charge in [-0.05, 0) is 38.5 Å². The van der Waals surface area contributed by atoms with Crippen LogP contribution in [0.5, 0.6) is 0 Å². The lowest BCUT2D eigenvalue weighted by Gasteiger charge is -2.43. The molecule has 9 nitrogen and oxygen atoms in total. The Balaban J connectivity index is 1.54. The Kier molecular flexibility index (Phi) is 5.59. The fourth-order valence-corrected chi connectivity index (χ4v) is 5.54. The Bertz CT molecular complexity index is 1110. The zero-order chi connectivity index (χ0) is 23.3. The van der Waals surface area contributed by atoms with E-state index in [4.69, 9.17) is 4.74 Å². The van der Waals surface area contributed by atoms with E-state index in [0.717, 1.165) is 27.9 Å². The largest absolute Gasteiger partial charge is 0.477 e. The molecule has 2 N–H and O–H groups in total. The van der Waals surface area contributed by atoms with Gasteiger partial charge in [-0.1, -0.05) is 18.3 Å². The smallest absolute Gasteiger partial charge is 0.353 e. The van der Waals surface area contributed by atoms with Crippen molar-refractivity contribution in [3.05, 3.63) is 52.3 Å². The minimum absolute atomic E-state index is 0.202. The number of rotatable bonds is 6. The molecule has 0 spiro atoms. The molecule has 0 aliphatic carbocycles. The van der Waals surface area contributed by atoms with Crippen LogP contribution in [-0.4, -0.2) is 62.6 Å². The summed E-state index contributed by atoms with van der Waals surface area (Å²) in [5, 5.41) is 18.9. The van der Waals surface area contributed by atoms with Gasteiger partial charge in [-0.3, -0.25) is 9.69 Å². The van der Waals surface area contributed by atoms with E-state index in [1.807, 2.05) is 30.9 Å². The van der Waals surface area contributed by atoms with Gasteiger partial charge in [0.25, 0.3) is 0 Å².